The van der Waals surface area contributed by atoms with E-state index in [2.05, 4.69) is 15.7 Å². The Hall–Kier alpha value is -0.940. The third-order valence-electron chi connectivity index (χ3n) is 4.25. The van der Waals surface area contributed by atoms with Gasteiger partial charge in [-0.2, -0.15) is 0 Å². The Bertz CT molecular complexity index is 467. The number of hydrogen-bond acceptors (Lipinski definition) is 4. The van der Waals surface area contributed by atoms with E-state index in [4.69, 9.17) is 0 Å². The fourth-order valence-electron chi connectivity index (χ4n) is 2.85. The Kier molecular flexibility index (Phi) is 4.08. The van der Waals surface area contributed by atoms with Gasteiger partial charge in [0.1, 0.15) is 0 Å². The molecule has 3 rings (SSSR count). The van der Waals surface area contributed by atoms with Crippen LogP contribution < -0.4 is 10.2 Å². The second-order valence-corrected chi connectivity index (χ2v) is 6.80. The summed E-state index contributed by atoms with van der Waals surface area (Å²) in [5.41, 5.74) is 1.07. The van der Waals surface area contributed by atoms with Crippen LogP contribution in [0.1, 0.15) is 45.2 Å². The summed E-state index contributed by atoms with van der Waals surface area (Å²) in [6.07, 6.45) is 5.57. The number of nitrogens with one attached hydrogen (secondary N) is 1. The Morgan fingerprint density at radius 2 is 2.10 bits per heavy atom. The van der Waals surface area contributed by atoms with E-state index in [1.54, 1.807) is 23.2 Å². The van der Waals surface area contributed by atoms with Gasteiger partial charge in [-0.1, -0.05) is 0 Å². The smallest absolute Gasteiger partial charge is 0.225 e. The largest absolute Gasteiger partial charge is 0.308 e. The van der Waals surface area contributed by atoms with Crippen LogP contribution in [0, 0.1) is 11.8 Å². The first-order valence-corrected chi connectivity index (χ1v) is 8.53. The molecule has 0 spiro atoms. The van der Waals surface area contributed by atoms with Gasteiger partial charge in [-0.15, -0.1) is 11.3 Å². The Morgan fingerprint density at radius 3 is 2.60 bits per heavy atom. The molecule has 1 aromatic rings. The lowest BCUT2D eigenvalue weighted by Crippen LogP contribution is -2.32. The third-order valence-corrected chi connectivity index (χ3v) is 5.16. The highest BCUT2D eigenvalue weighted by Crippen LogP contribution is 2.44. The van der Waals surface area contributed by atoms with Gasteiger partial charge in [0.2, 0.25) is 5.91 Å². The van der Waals surface area contributed by atoms with E-state index in [1.165, 1.54) is 25.7 Å². The van der Waals surface area contributed by atoms with Crippen molar-refractivity contribution < 1.29 is 4.79 Å². The number of carbonyl (C=O) groups excluding carboxylic acids is 1. The van der Waals surface area contributed by atoms with E-state index < -0.39 is 0 Å². The van der Waals surface area contributed by atoms with Gasteiger partial charge in [0.15, 0.2) is 5.13 Å². The summed E-state index contributed by atoms with van der Waals surface area (Å²) in [4.78, 5) is 17.8. The van der Waals surface area contributed by atoms with Crippen LogP contribution in [0.3, 0.4) is 0 Å². The normalized spacial score (nSPS) is 18.6. The summed E-state index contributed by atoms with van der Waals surface area (Å²) >= 11 is 1.56. The number of thiazole rings is 1. The van der Waals surface area contributed by atoms with Crippen LogP contribution in [-0.4, -0.2) is 23.5 Å². The predicted molar refractivity (Wildman–Crippen MR) is 81.9 cm³/mol. The fraction of sp³-hybridized carbons (Fsp3) is 0.733. The summed E-state index contributed by atoms with van der Waals surface area (Å²) < 4.78 is 0. The topological polar surface area (TPSA) is 45.2 Å². The first-order chi connectivity index (χ1) is 9.69. The van der Waals surface area contributed by atoms with Crippen LogP contribution in [-0.2, 0) is 11.3 Å². The minimum atomic E-state index is 0.0650. The maximum atomic E-state index is 11.5. The van der Waals surface area contributed by atoms with Gasteiger partial charge >= 0.3 is 0 Å². The summed E-state index contributed by atoms with van der Waals surface area (Å²) in [5, 5.41) is 6.60. The van der Waals surface area contributed by atoms with Crippen molar-refractivity contribution >= 4 is 22.4 Å². The Balaban J connectivity index is 1.57. The van der Waals surface area contributed by atoms with Crippen molar-refractivity contribution in [3.8, 4) is 0 Å². The first-order valence-electron chi connectivity index (χ1n) is 7.65. The number of aromatic nitrogens is 1. The van der Waals surface area contributed by atoms with Crippen LogP contribution >= 0.6 is 11.3 Å². The molecule has 5 heteroatoms. The highest BCUT2D eigenvalue weighted by Gasteiger charge is 2.41. The minimum absolute atomic E-state index is 0.0650. The van der Waals surface area contributed by atoms with E-state index >= 15 is 0 Å². The molecule has 2 aliphatic carbocycles. The highest BCUT2D eigenvalue weighted by molar-refractivity contribution is 7.14. The molecule has 1 N–H and O–H groups in total. The molecule has 0 bridgehead atoms. The van der Waals surface area contributed by atoms with Crippen molar-refractivity contribution in [2.45, 2.75) is 52.1 Å². The number of carbonyl (C=O) groups is 1. The molecule has 2 fully saturated rings. The summed E-state index contributed by atoms with van der Waals surface area (Å²) in [5.74, 6) is 1.88. The molecule has 0 unspecified atom stereocenters. The Morgan fingerprint density at radius 1 is 1.45 bits per heavy atom. The van der Waals surface area contributed by atoms with Crippen LogP contribution in [0.5, 0.6) is 0 Å². The lowest BCUT2D eigenvalue weighted by atomic mass is 10.1. The summed E-state index contributed by atoms with van der Waals surface area (Å²) in [6.45, 7) is 5.10. The van der Waals surface area contributed by atoms with Gasteiger partial charge in [-0.25, -0.2) is 4.98 Å². The van der Waals surface area contributed by atoms with E-state index in [1.807, 2.05) is 6.92 Å². The van der Waals surface area contributed by atoms with Gasteiger partial charge in [0, 0.05) is 31.4 Å². The van der Waals surface area contributed by atoms with Gasteiger partial charge < -0.3 is 5.32 Å². The average molecular weight is 293 g/mol. The van der Waals surface area contributed by atoms with E-state index in [-0.39, 0.29) is 5.91 Å². The van der Waals surface area contributed by atoms with Crippen LogP contribution in [0.2, 0.25) is 0 Å². The van der Waals surface area contributed by atoms with Gasteiger partial charge in [0.05, 0.1) is 5.69 Å². The van der Waals surface area contributed by atoms with Crippen LogP contribution in [0.4, 0.5) is 5.13 Å². The second kappa shape index (κ2) is 5.82. The fourth-order valence-corrected chi connectivity index (χ4v) is 3.78. The van der Waals surface area contributed by atoms with Gasteiger partial charge in [-0.05, 0) is 44.4 Å². The molecule has 4 nitrogen and oxygen atoms in total. The van der Waals surface area contributed by atoms with Crippen LogP contribution in [0.15, 0.2) is 5.38 Å². The molecule has 20 heavy (non-hydrogen) atoms. The number of nitrogens with zero attached hydrogens (tertiary/aromatic N) is 2. The number of rotatable bonds is 7. The zero-order valence-corrected chi connectivity index (χ0v) is 13.1. The molecular weight excluding hydrogens is 270 g/mol. The van der Waals surface area contributed by atoms with Crippen molar-refractivity contribution in [2.24, 2.45) is 11.8 Å². The van der Waals surface area contributed by atoms with E-state index in [0.717, 1.165) is 29.2 Å². The molecule has 0 radical (unpaired) electrons. The van der Waals surface area contributed by atoms with Crippen molar-refractivity contribution in [1.29, 1.82) is 0 Å². The molecule has 0 atom stereocenters. The zero-order chi connectivity index (χ0) is 14.1. The summed E-state index contributed by atoms with van der Waals surface area (Å²) in [7, 11) is 0. The molecule has 2 aliphatic rings. The quantitative estimate of drug-likeness (QED) is 0.841. The summed E-state index contributed by atoms with van der Waals surface area (Å²) in [6, 6.07) is 0.704. The first kappa shape index (κ1) is 14.0. The standard InChI is InChI=1S/C15H23N3OS/c1-3-18(10(2)19)15-17-13(9-20-15)8-16-14(11-4-5-11)12-6-7-12/h9,11-12,14,16H,3-8H2,1-2H3. The van der Waals surface area contributed by atoms with Crippen molar-refractivity contribution in [3.63, 3.8) is 0 Å². The minimum Gasteiger partial charge on any atom is -0.308 e. The van der Waals surface area contributed by atoms with E-state index in [0.29, 0.717) is 12.6 Å². The molecule has 0 aliphatic heterocycles. The molecule has 0 saturated heterocycles. The molecule has 110 valence electrons. The third kappa shape index (κ3) is 3.20. The zero-order valence-electron chi connectivity index (χ0n) is 12.3. The molecule has 0 aromatic carbocycles. The van der Waals surface area contributed by atoms with Gasteiger partial charge in [-0.3, -0.25) is 9.69 Å². The number of hydrogen-bond donors (Lipinski definition) is 1. The lowest BCUT2D eigenvalue weighted by molar-refractivity contribution is -0.116. The predicted octanol–water partition coefficient (Wildman–Crippen LogP) is 2.79. The number of anilines is 1. The van der Waals surface area contributed by atoms with Crippen molar-refractivity contribution in [2.75, 3.05) is 11.4 Å². The molecule has 1 amide bonds. The highest BCUT2D eigenvalue weighted by atomic mass is 32.1. The van der Waals surface area contributed by atoms with E-state index in [9.17, 15) is 4.79 Å². The second-order valence-electron chi connectivity index (χ2n) is 5.97. The SMILES string of the molecule is CCN(C(C)=O)c1nc(CNC(C2CC2)C2CC2)cs1. The molecule has 1 heterocycles. The maximum absolute atomic E-state index is 11.5. The van der Waals surface area contributed by atoms with Gasteiger partial charge in [0.25, 0.3) is 0 Å². The van der Waals surface area contributed by atoms with Crippen LogP contribution in [0.25, 0.3) is 0 Å². The van der Waals surface area contributed by atoms with Crippen molar-refractivity contribution in [3.05, 3.63) is 11.1 Å². The number of amides is 1. The van der Waals surface area contributed by atoms with Crippen molar-refractivity contribution in [1.82, 2.24) is 10.3 Å². The molecule has 2 saturated carbocycles. The molecule has 1 aromatic heterocycles. The monoisotopic (exact) mass is 293 g/mol. The molecular formula is C15H23N3OS. The maximum Gasteiger partial charge on any atom is 0.225 e. The lowest BCUT2D eigenvalue weighted by Gasteiger charge is -2.17. The average Bonchev–Trinajstić information content (AvgIpc) is 3.32. The Labute approximate surface area is 124 Å².